The van der Waals surface area contributed by atoms with Crippen LogP contribution >= 0.6 is 11.3 Å². The Morgan fingerprint density at radius 1 is 0.857 bits per heavy atom. The fourth-order valence-corrected chi connectivity index (χ4v) is 8.87. The third-order valence-corrected chi connectivity index (χ3v) is 11.2. The molecule has 0 radical (unpaired) electrons. The summed E-state index contributed by atoms with van der Waals surface area (Å²) in [5, 5.41) is 10.7. The van der Waals surface area contributed by atoms with E-state index in [2.05, 4.69) is 11.0 Å². The van der Waals surface area contributed by atoms with Gasteiger partial charge >= 0.3 is 0 Å². The minimum absolute atomic E-state index is 0.0175. The van der Waals surface area contributed by atoms with Crippen molar-refractivity contribution < 1.29 is 23.7 Å². The van der Waals surface area contributed by atoms with Crippen molar-refractivity contribution >= 4 is 34.7 Å². The number of rotatable bonds is 9. The van der Waals surface area contributed by atoms with Crippen molar-refractivity contribution in [3.05, 3.63) is 72.6 Å². The van der Waals surface area contributed by atoms with Gasteiger partial charge in [-0.25, -0.2) is 0 Å². The first-order valence-electron chi connectivity index (χ1n) is 17.0. The number of thiazole rings is 1. The highest BCUT2D eigenvalue weighted by Gasteiger charge is 2.41. The molecule has 10 nitrogen and oxygen atoms in total. The van der Waals surface area contributed by atoms with Crippen LogP contribution in [0.25, 0.3) is 17.5 Å². The second-order valence-corrected chi connectivity index (χ2v) is 13.9. The first-order valence-corrected chi connectivity index (χ1v) is 17.8. The number of carbonyl (C=O) groups is 1. The van der Waals surface area contributed by atoms with Crippen molar-refractivity contribution in [2.45, 2.75) is 82.2 Å². The van der Waals surface area contributed by atoms with Gasteiger partial charge in [-0.15, -0.1) is 11.3 Å². The molecule has 1 amide bonds. The van der Waals surface area contributed by atoms with E-state index in [0.29, 0.717) is 48.9 Å². The number of benzene rings is 2. The molecule has 258 valence electrons. The highest BCUT2D eigenvalue weighted by atomic mass is 32.1. The van der Waals surface area contributed by atoms with Gasteiger partial charge in [-0.2, -0.15) is 5.26 Å². The number of aromatic nitrogens is 1. The number of amides is 1. The molecule has 1 aliphatic heterocycles. The van der Waals surface area contributed by atoms with Gasteiger partial charge < -0.3 is 29.6 Å². The van der Waals surface area contributed by atoms with E-state index in [0.717, 1.165) is 64.2 Å². The van der Waals surface area contributed by atoms with E-state index < -0.39 is 11.5 Å². The quantitative estimate of drug-likeness (QED) is 0.338. The fourth-order valence-electron chi connectivity index (χ4n) is 7.70. The number of nitriles is 1. The summed E-state index contributed by atoms with van der Waals surface area (Å²) in [6.07, 6.45) is 12.1. The van der Waals surface area contributed by atoms with Gasteiger partial charge in [0.15, 0.2) is 23.0 Å². The molecule has 0 bridgehead atoms. The lowest BCUT2D eigenvalue weighted by molar-refractivity contribution is -0.131. The fraction of sp³-hybridized carbons (Fsp3) is 0.447. The average Bonchev–Trinajstić information content (AvgIpc) is 3.46. The number of nitrogens with two attached hydrogens (primary N) is 1. The molecule has 3 aromatic rings. The molecule has 0 saturated heterocycles. The third-order valence-electron chi connectivity index (χ3n) is 10.1. The summed E-state index contributed by atoms with van der Waals surface area (Å²) >= 11 is 1.22. The molecule has 1 unspecified atom stereocenters. The highest BCUT2D eigenvalue weighted by Crippen LogP contribution is 2.42. The monoisotopic (exact) mass is 684 g/mol. The zero-order chi connectivity index (χ0) is 34.7. The van der Waals surface area contributed by atoms with E-state index >= 15 is 4.79 Å². The number of methoxy groups -OCH3 is 4. The van der Waals surface area contributed by atoms with Crippen molar-refractivity contribution in [2.75, 3.05) is 28.4 Å². The zero-order valence-electron chi connectivity index (χ0n) is 28.6. The molecular weight excluding hydrogens is 641 g/mol. The van der Waals surface area contributed by atoms with E-state index in [1.54, 1.807) is 58.8 Å². The zero-order valence-corrected chi connectivity index (χ0v) is 29.4. The molecule has 2 heterocycles. The lowest BCUT2D eigenvalue weighted by Crippen LogP contribution is -2.51. The number of ether oxygens (including phenoxy) is 4. The molecule has 2 N–H and O–H groups in total. The van der Waals surface area contributed by atoms with Crippen LogP contribution in [0, 0.1) is 11.3 Å². The molecule has 3 aliphatic rings. The van der Waals surface area contributed by atoms with Gasteiger partial charge in [0.05, 0.1) is 56.1 Å². The van der Waals surface area contributed by atoms with E-state index in [-0.39, 0.29) is 29.4 Å². The minimum Gasteiger partial charge on any atom is -0.493 e. The maximum Gasteiger partial charge on any atom is 0.274 e. The second kappa shape index (κ2) is 14.8. The van der Waals surface area contributed by atoms with Crippen LogP contribution in [-0.4, -0.2) is 55.9 Å². The summed E-state index contributed by atoms with van der Waals surface area (Å²) in [6.45, 7) is 0. The van der Waals surface area contributed by atoms with E-state index in [1.165, 1.54) is 15.9 Å². The van der Waals surface area contributed by atoms with Crippen LogP contribution in [0.3, 0.4) is 0 Å². The number of fused-ring (bicyclic) bond motifs is 1. The van der Waals surface area contributed by atoms with E-state index in [4.69, 9.17) is 24.7 Å². The second-order valence-electron chi connectivity index (χ2n) is 12.8. The predicted octanol–water partition coefficient (Wildman–Crippen LogP) is 4.87. The Hall–Kier alpha value is -4.69. The molecule has 2 saturated carbocycles. The molecule has 6 rings (SSSR count). The first-order chi connectivity index (χ1) is 23.8. The Morgan fingerprint density at radius 2 is 1.41 bits per heavy atom. The largest absolute Gasteiger partial charge is 0.493 e. The summed E-state index contributed by atoms with van der Waals surface area (Å²) in [6, 6.07) is 13.3. The van der Waals surface area contributed by atoms with Gasteiger partial charge in [-0.05, 0) is 67.2 Å². The Bertz CT molecular complexity index is 1960. The van der Waals surface area contributed by atoms with Crippen LogP contribution in [-0.2, 0) is 4.79 Å². The lowest BCUT2D eigenvalue weighted by atomic mass is 9.81. The average molecular weight is 685 g/mol. The Morgan fingerprint density at radius 3 is 1.96 bits per heavy atom. The molecular formula is C38H44N4O6S. The Labute approximate surface area is 290 Å². The number of hydrogen-bond acceptors (Lipinski definition) is 9. The topological polar surface area (TPSA) is 129 Å². The maximum atomic E-state index is 15.4. The van der Waals surface area contributed by atoms with Crippen molar-refractivity contribution in [1.82, 2.24) is 9.47 Å². The van der Waals surface area contributed by atoms with Crippen molar-refractivity contribution in [2.24, 2.45) is 5.73 Å². The molecule has 2 aromatic carbocycles. The van der Waals surface area contributed by atoms with Crippen LogP contribution in [0.2, 0.25) is 0 Å². The van der Waals surface area contributed by atoms with Gasteiger partial charge in [-0.1, -0.05) is 50.7 Å². The molecule has 1 atom stereocenters. The minimum atomic E-state index is -0.820. The summed E-state index contributed by atoms with van der Waals surface area (Å²) in [5.74, 6) is 1.15. The van der Waals surface area contributed by atoms with Crippen LogP contribution < -0.4 is 39.4 Å². The lowest BCUT2D eigenvalue weighted by Gasteiger charge is -2.43. The molecule has 11 heteroatoms. The normalized spacial score (nSPS) is 18.9. The van der Waals surface area contributed by atoms with Gasteiger partial charge in [0.25, 0.3) is 11.5 Å². The van der Waals surface area contributed by atoms with Crippen molar-refractivity contribution in [3.63, 3.8) is 0 Å². The number of hydrogen-bond donors (Lipinski definition) is 1. The van der Waals surface area contributed by atoms with Crippen LogP contribution in [0.5, 0.6) is 23.0 Å². The summed E-state index contributed by atoms with van der Waals surface area (Å²) in [7, 11) is 6.23. The molecule has 2 aliphatic carbocycles. The van der Waals surface area contributed by atoms with E-state index in [9.17, 15) is 10.1 Å². The SMILES string of the molecule is COc1ccc(/C=c2/sc3n(c2=O)C(N)=C(C#N)C(c2ccc(OC)c(OC)c2)C=3C(=O)N(C2CCCCC2)C2CCCCC2)cc1OC. The predicted molar refractivity (Wildman–Crippen MR) is 190 cm³/mol. The van der Waals surface area contributed by atoms with Crippen molar-refractivity contribution in [3.8, 4) is 29.1 Å². The Kier molecular flexibility index (Phi) is 10.3. The van der Waals surface area contributed by atoms with Gasteiger partial charge in [-0.3, -0.25) is 14.2 Å². The summed E-state index contributed by atoms with van der Waals surface area (Å²) in [4.78, 5) is 31.8. The van der Waals surface area contributed by atoms with Gasteiger partial charge in [0, 0.05) is 12.1 Å². The maximum absolute atomic E-state index is 15.4. The van der Waals surface area contributed by atoms with Gasteiger partial charge in [0.1, 0.15) is 10.5 Å². The standard InChI is InChI=1S/C38H44N4O6S/c1-45-28-17-15-23(19-30(28)47-3)20-32-36(43)42-35(40)27(22-39)33(24-16-18-29(46-2)31(21-24)48-4)34(38(42)49-32)37(44)41(25-11-7-5-8-12-25)26-13-9-6-10-14-26/h15-21,25-26,33H,5-14,40H2,1-4H3/b32-20+. The molecule has 1 aromatic heterocycles. The smallest absolute Gasteiger partial charge is 0.274 e. The molecule has 49 heavy (non-hydrogen) atoms. The molecule has 2 fully saturated rings. The number of allylic oxidation sites excluding steroid dienone is 1. The van der Waals surface area contributed by atoms with Crippen LogP contribution in [0.1, 0.15) is 81.3 Å². The van der Waals surface area contributed by atoms with E-state index in [1.807, 2.05) is 12.1 Å². The number of carbonyl (C=O) groups excluding carboxylic acids is 1. The third kappa shape index (κ3) is 6.42. The first kappa shape index (κ1) is 34.2. The number of nitrogens with zero attached hydrogens (tertiary/aromatic N) is 3. The van der Waals surface area contributed by atoms with Crippen molar-refractivity contribution in [1.29, 1.82) is 5.26 Å². The summed E-state index contributed by atoms with van der Waals surface area (Å²) in [5.41, 5.74) is 8.27. The van der Waals surface area contributed by atoms with Crippen LogP contribution in [0.4, 0.5) is 0 Å². The van der Waals surface area contributed by atoms with Crippen LogP contribution in [0.15, 0.2) is 46.8 Å². The highest BCUT2D eigenvalue weighted by molar-refractivity contribution is 7.07. The van der Waals surface area contributed by atoms with Gasteiger partial charge in [0.2, 0.25) is 0 Å². The summed E-state index contributed by atoms with van der Waals surface area (Å²) < 4.78 is 24.2. The molecule has 0 spiro atoms. The Balaban J connectivity index is 1.64.